The van der Waals surface area contributed by atoms with Crippen LogP contribution in [-0.2, 0) is 19.1 Å². The molecule has 0 aromatic heterocycles. The normalized spacial score (nSPS) is 31.9. The fourth-order valence-electron chi connectivity index (χ4n) is 5.49. The van der Waals surface area contributed by atoms with E-state index in [0.717, 1.165) is 0 Å². The van der Waals surface area contributed by atoms with Crippen molar-refractivity contribution in [2.75, 3.05) is 14.2 Å². The maximum absolute atomic E-state index is 12.8. The first kappa shape index (κ1) is 20.0. The van der Waals surface area contributed by atoms with Gasteiger partial charge in [0.2, 0.25) is 0 Å². The van der Waals surface area contributed by atoms with E-state index >= 15 is 0 Å². The standard InChI is InChI=1S/C20H32O4Si/c1-11(2)13-12(3)19(4)16(18(22)24-7)14(17(21)23-6)15(13)20(19,5)25(8,9)10/h11,15H,1-10H3/t15-,19+,20-/m1/s1. The van der Waals surface area contributed by atoms with E-state index in [2.05, 4.69) is 54.3 Å². The molecule has 0 unspecified atom stereocenters. The number of rotatable bonds is 4. The molecule has 2 aliphatic rings. The number of hydrogen-bond acceptors (Lipinski definition) is 4. The summed E-state index contributed by atoms with van der Waals surface area (Å²) in [5.74, 6) is -0.576. The second kappa shape index (κ2) is 5.83. The Balaban J connectivity index is 2.94. The minimum atomic E-state index is -1.81. The molecular weight excluding hydrogens is 332 g/mol. The van der Waals surface area contributed by atoms with Crippen LogP contribution in [0.4, 0.5) is 0 Å². The molecule has 0 N–H and O–H groups in total. The lowest BCUT2D eigenvalue weighted by molar-refractivity contribution is -0.140. The minimum absolute atomic E-state index is 0.0780. The van der Waals surface area contributed by atoms with E-state index in [0.29, 0.717) is 17.1 Å². The van der Waals surface area contributed by atoms with E-state index < -0.39 is 25.4 Å². The van der Waals surface area contributed by atoms with Crippen LogP contribution >= 0.6 is 0 Å². The van der Waals surface area contributed by atoms with Gasteiger partial charge in [-0.1, -0.05) is 58.5 Å². The highest BCUT2D eigenvalue weighted by molar-refractivity contribution is 6.80. The summed E-state index contributed by atoms with van der Waals surface area (Å²) >= 11 is 0. The van der Waals surface area contributed by atoms with Crippen molar-refractivity contribution in [2.45, 2.75) is 59.3 Å². The van der Waals surface area contributed by atoms with Crippen LogP contribution in [0, 0.1) is 17.3 Å². The molecule has 4 nitrogen and oxygen atoms in total. The van der Waals surface area contributed by atoms with Gasteiger partial charge in [-0.05, 0) is 17.9 Å². The van der Waals surface area contributed by atoms with Gasteiger partial charge in [0.1, 0.15) is 0 Å². The first-order valence-electron chi connectivity index (χ1n) is 8.94. The molecule has 3 atom stereocenters. The van der Waals surface area contributed by atoms with Gasteiger partial charge in [0.15, 0.2) is 0 Å². The number of ether oxygens (including phenoxy) is 2. The first-order valence-corrected chi connectivity index (χ1v) is 12.4. The van der Waals surface area contributed by atoms with E-state index in [9.17, 15) is 9.59 Å². The van der Waals surface area contributed by atoms with Crippen molar-refractivity contribution in [1.29, 1.82) is 0 Å². The lowest BCUT2D eigenvalue weighted by atomic mass is 9.72. The second-order valence-electron chi connectivity index (χ2n) is 9.02. The summed E-state index contributed by atoms with van der Waals surface area (Å²) in [6.07, 6.45) is 0. The van der Waals surface area contributed by atoms with Crippen molar-refractivity contribution >= 4 is 20.0 Å². The minimum Gasteiger partial charge on any atom is -0.466 e. The van der Waals surface area contributed by atoms with Gasteiger partial charge in [-0.2, -0.15) is 0 Å². The Morgan fingerprint density at radius 3 is 1.88 bits per heavy atom. The zero-order valence-corrected chi connectivity index (χ0v) is 18.3. The monoisotopic (exact) mass is 364 g/mol. The van der Waals surface area contributed by atoms with E-state index in [1.54, 1.807) is 0 Å². The van der Waals surface area contributed by atoms with Crippen molar-refractivity contribution in [1.82, 2.24) is 0 Å². The second-order valence-corrected chi connectivity index (χ2v) is 14.6. The summed E-state index contributed by atoms with van der Waals surface area (Å²) in [7, 11) is 0.954. The molecule has 0 amide bonds. The maximum atomic E-state index is 12.8. The Morgan fingerprint density at radius 2 is 1.52 bits per heavy atom. The largest absolute Gasteiger partial charge is 0.466 e. The lowest BCUT2D eigenvalue weighted by Gasteiger charge is -2.49. The molecule has 0 aliphatic heterocycles. The Labute approximate surface area is 152 Å². The molecule has 0 heterocycles. The maximum Gasteiger partial charge on any atom is 0.335 e. The van der Waals surface area contributed by atoms with Gasteiger partial charge >= 0.3 is 11.9 Å². The van der Waals surface area contributed by atoms with Gasteiger partial charge in [-0.15, -0.1) is 0 Å². The van der Waals surface area contributed by atoms with Crippen molar-refractivity contribution in [3.8, 4) is 0 Å². The smallest absolute Gasteiger partial charge is 0.335 e. The van der Waals surface area contributed by atoms with Crippen LogP contribution < -0.4 is 0 Å². The molecule has 2 bridgehead atoms. The summed E-state index contributed by atoms with van der Waals surface area (Å²) in [4.78, 5) is 25.6. The lowest BCUT2D eigenvalue weighted by Crippen LogP contribution is -2.48. The summed E-state index contributed by atoms with van der Waals surface area (Å²) in [5.41, 5.74) is 3.05. The molecule has 0 saturated heterocycles. The fourth-order valence-corrected chi connectivity index (χ4v) is 8.47. The highest BCUT2D eigenvalue weighted by Gasteiger charge is 2.72. The summed E-state index contributed by atoms with van der Waals surface area (Å²) in [6, 6.07) is 0. The summed E-state index contributed by atoms with van der Waals surface area (Å²) in [6.45, 7) is 17.8. The average molecular weight is 365 g/mol. The number of carbonyl (C=O) groups is 2. The van der Waals surface area contributed by atoms with Crippen LogP contribution in [0.3, 0.4) is 0 Å². The van der Waals surface area contributed by atoms with Gasteiger partial charge in [-0.3, -0.25) is 0 Å². The Bertz CT molecular complexity index is 695. The predicted molar refractivity (Wildman–Crippen MR) is 102 cm³/mol. The van der Waals surface area contributed by atoms with Crippen LogP contribution in [-0.4, -0.2) is 34.2 Å². The van der Waals surface area contributed by atoms with E-state index in [1.807, 2.05) is 0 Å². The predicted octanol–water partition coefficient (Wildman–Crippen LogP) is 4.35. The fraction of sp³-hybridized carbons (Fsp3) is 0.700. The number of allylic oxidation sites excluding steroid dienone is 2. The molecule has 25 heavy (non-hydrogen) atoms. The third-order valence-corrected chi connectivity index (χ3v) is 11.0. The number of hydrogen-bond donors (Lipinski definition) is 0. The third kappa shape index (κ3) is 2.17. The third-order valence-electron chi connectivity index (χ3n) is 7.14. The molecule has 0 radical (unpaired) electrons. The quantitative estimate of drug-likeness (QED) is 0.423. The average Bonchev–Trinajstić information content (AvgIpc) is 2.83. The number of fused-ring (bicyclic) bond motifs is 2. The first-order chi connectivity index (χ1) is 11.3. The van der Waals surface area contributed by atoms with Crippen LogP contribution in [0.1, 0.15) is 34.6 Å². The Hall–Kier alpha value is -1.36. The molecule has 0 aromatic rings. The van der Waals surface area contributed by atoms with Gasteiger partial charge in [0, 0.05) is 11.3 Å². The van der Waals surface area contributed by atoms with Crippen LogP contribution in [0.2, 0.25) is 24.7 Å². The van der Waals surface area contributed by atoms with Crippen molar-refractivity contribution in [3.05, 3.63) is 22.3 Å². The van der Waals surface area contributed by atoms with Crippen molar-refractivity contribution in [2.24, 2.45) is 17.3 Å². The van der Waals surface area contributed by atoms with Gasteiger partial charge in [0.25, 0.3) is 0 Å². The molecule has 2 rings (SSSR count). The van der Waals surface area contributed by atoms with E-state index in [4.69, 9.17) is 9.47 Å². The van der Waals surface area contributed by atoms with Gasteiger partial charge < -0.3 is 9.47 Å². The highest BCUT2D eigenvalue weighted by atomic mass is 28.3. The molecule has 0 spiro atoms. The number of esters is 2. The topological polar surface area (TPSA) is 52.6 Å². The van der Waals surface area contributed by atoms with Crippen LogP contribution in [0.5, 0.6) is 0 Å². The SMILES string of the molecule is COC(=O)C1=C(C(=O)OC)[C@]2(C)C(C)=C(C(C)C)[C@H]1[C@@]2(C)[Si](C)(C)C. The zero-order valence-electron chi connectivity index (χ0n) is 17.3. The summed E-state index contributed by atoms with van der Waals surface area (Å²) in [5, 5.41) is -0.184. The number of methoxy groups -OCH3 is 2. The highest BCUT2D eigenvalue weighted by Crippen LogP contribution is 2.78. The van der Waals surface area contributed by atoms with E-state index in [-0.39, 0.29) is 11.0 Å². The Kier molecular flexibility index (Phi) is 4.65. The van der Waals surface area contributed by atoms with Crippen LogP contribution in [0.25, 0.3) is 0 Å². The molecule has 0 aromatic carbocycles. The van der Waals surface area contributed by atoms with Crippen molar-refractivity contribution in [3.63, 3.8) is 0 Å². The number of carbonyl (C=O) groups excluding carboxylic acids is 2. The molecule has 5 heteroatoms. The Morgan fingerprint density at radius 1 is 1.04 bits per heavy atom. The van der Waals surface area contributed by atoms with E-state index in [1.165, 1.54) is 25.4 Å². The van der Waals surface area contributed by atoms with Crippen molar-refractivity contribution < 1.29 is 19.1 Å². The summed E-state index contributed by atoms with van der Waals surface area (Å²) < 4.78 is 10.2. The molecule has 140 valence electrons. The van der Waals surface area contributed by atoms with Gasteiger partial charge in [-0.25, -0.2) is 9.59 Å². The van der Waals surface area contributed by atoms with Crippen LogP contribution in [0.15, 0.2) is 22.3 Å². The zero-order chi connectivity index (χ0) is 19.5. The molecule has 0 fully saturated rings. The molecular formula is C20H32O4Si. The van der Waals surface area contributed by atoms with Gasteiger partial charge in [0.05, 0.1) is 33.4 Å². The molecule has 2 aliphatic carbocycles. The molecule has 0 saturated carbocycles.